The Labute approximate surface area is 71.3 Å². The number of alkyl halides is 2. The third-order valence-corrected chi connectivity index (χ3v) is 2.10. The van der Waals surface area contributed by atoms with E-state index < -0.39 is 17.7 Å². The number of halogens is 2. The van der Waals surface area contributed by atoms with Crippen molar-refractivity contribution in [2.45, 2.75) is 26.7 Å². The number of amides is 1. The summed E-state index contributed by atoms with van der Waals surface area (Å²) in [5.74, 6) is -5.61. The smallest absolute Gasteiger partial charge is 0.327 e. The molecular weight excluding hydrogens is 164 g/mol. The number of rotatable bonds is 3. The van der Waals surface area contributed by atoms with E-state index in [0.717, 1.165) is 0 Å². The third kappa shape index (κ3) is 2.16. The first-order valence-electron chi connectivity index (χ1n) is 3.94. The van der Waals surface area contributed by atoms with Crippen molar-refractivity contribution in [3.8, 4) is 0 Å². The van der Waals surface area contributed by atoms with Crippen molar-refractivity contribution in [3.05, 3.63) is 0 Å². The van der Waals surface area contributed by atoms with E-state index >= 15 is 0 Å². The Kier molecular flexibility index (Phi) is 3.61. The van der Waals surface area contributed by atoms with E-state index in [1.807, 2.05) is 5.32 Å². The van der Waals surface area contributed by atoms with Gasteiger partial charge in [0.25, 0.3) is 5.91 Å². The average molecular weight is 179 g/mol. The Balaban J connectivity index is 4.48. The molecule has 0 aromatic rings. The molecule has 0 aliphatic carbocycles. The zero-order chi connectivity index (χ0) is 9.94. The van der Waals surface area contributed by atoms with Crippen LogP contribution in [-0.2, 0) is 4.79 Å². The second-order valence-corrected chi connectivity index (χ2v) is 3.23. The molecule has 0 saturated heterocycles. The van der Waals surface area contributed by atoms with E-state index in [1.54, 1.807) is 13.8 Å². The van der Waals surface area contributed by atoms with Crippen molar-refractivity contribution in [2.75, 3.05) is 7.05 Å². The van der Waals surface area contributed by atoms with Crippen LogP contribution in [0.5, 0.6) is 0 Å². The lowest BCUT2D eigenvalue weighted by Gasteiger charge is -2.24. The van der Waals surface area contributed by atoms with Crippen LogP contribution >= 0.6 is 0 Å². The van der Waals surface area contributed by atoms with E-state index in [2.05, 4.69) is 0 Å². The minimum Gasteiger partial charge on any atom is -0.354 e. The third-order valence-electron chi connectivity index (χ3n) is 2.10. The maximum atomic E-state index is 13.0. The van der Waals surface area contributed by atoms with Gasteiger partial charge < -0.3 is 5.32 Å². The monoisotopic (exact) mass is 179 g/mol. The fourth-order valence-corrected chi connectivity index (χ4v) is 0.792. The minimum absolute atomic E-state index is 0.211. The van der Waals surface area contributed by atoms with Gasteiger partial charge in [-0.15, -0.1) is 0 Å². The van der Waals surface area contributed by atoms with Gasteiger partial charge in [-0.1, -0.05) is 20.8 Å². The summed E-state index contributed by atoms with van der Waals surface area (Å²) in [6.07, 6.45) is 0. The van der Waals surface area contributed by atoms with Crippen LogP contribution in [0.4, 0.5) is 8.78 Å². The predicted molar refractivity (Wildman–Crippen MR) is 43.0 cm³/mol. The van der Waals surface area contributed by atoms with Gasteiger partial charge >= 0.3 is 5.92 Å². The summed E-state index contributed by atoms with van der Waals surface area (Å²) in [5.41, 5.74) is 0. The molecule has 0 fully saturated rings. The molecule has 0 aliphatic rings. The molecule has 0 bridgehead atoms. The van der Waals surface area contributed by atoms with Gasteiger partial charge in [-0.3, -0.25) is 4.79 Å². The maximum Gasteiger partial charge on any atom is 0.327 e. The molecule has 0 spiro atoms. The largest absolute Gasteiger partial charge is 0.354 e. The zero-order valence-electron chi connectivity index (χ0n) is 7.82. The first-order chi connectivity index (χ1) is 5.34. The van der Waals surface area contributed by atoms with Crippen LogP contribution in [0.25, 0.3) is 0 Å². The summed E-state index contributed by atoms with van der Waals surface area (Å²) in [4.78, 5) is 10.7. The van der Waals surface area contributed by atoms with Gasteiger partial charge in [0.15, 0.2) is 0 Å². The fraction of sp³-hybridized carbons (Fsp3) is 0.875. The van der Waals surface area contributed by atoms with E-state index in [4.69, 9.17) is 0 Å². The summed E-state index contributed by atoms with van der Waals surface area (Å²) < 4.78 is 26.1. The molecular formula is C8H15F2NO. The molecule has 0 radical (unpaired) electrons. The Morgan fingerprint density at radius 2 is 1.75 bits per heavy atom. The van der Waals surface area contributed by atoms with Crippen molar-refractivity contribution < 1.29 is 13.6 Å². The van der Waals surface area contributed by atoms with Crippen molar-refractivity contribution >= 4 is 5.91 Å². The minimum atomic E-state index is -3.26. The molecule has 1 N–H and O–H groups in total. The highest BCUT2D eigenvalue weighted by Crippen LogP contribution is 2.30. The molecule has 2 nitrogen and oxygen atoms in total. The molecule has 0 aromatic heterocycles. The normalized spacial score (nSPS) is 14.6. The number of nitrogens with one attached hydrogen (secondary N) is 1. The van der Waals surface area contributed by atoms with Crippen LogP contribution in [0.1, 0.15) is 20.8 Å². The summed E-state index contributed by atoms with van der Waals surface area (Å²) in [6, 6.07) is 0. The second-order valence-electron chi connectivity index (χ2n) is 3.23. The van der Waals surface area contributed by atoms with Crippen LogP contribution in [-0.4, -0.2) is 18.9 Å². The SMILES string of the molecule is CNC(=O)C(F)(F)C(C)C(C)C. The number of carbonyl (C=O) groups is 1. The molecule has 0 aromatic carbocycles. The molecule has 12 heavy (non-hydrogen) atoms. The molecule has 1 atom stereocenters. The first-order valence-corrected chi connectivity index (χ1v) is 3.94. The lowest BCUT2D eigenvalue weighted by atomic mass is 9.91. The Hall–Kier alpha value is -0.670. The van der Waals surface area contributed by atoms with E-state index in [0.29, 0.717) is 0 Å². The quantitative estimate of drug-likeness (QED) is 0.701. The summed E-state index contributed by atoms with van der Waals surface area (Å²) in [5, 5.41) is 1.95. The van der Waals surface area contributed by atoms with E-state index in [1.165, 1.54) is 14.0 Å². The van der Waals surface area contributed by atoms with Crippen molar-refractivity contribution in [1.82, 2.24) is 5.32 Å². The Morgan fingerprint density at radius 3 is 2.00 bits per heavy atom. The van der Waals surface area contributed by atoms with Gasteiger partial charge in [-0.2, -0.15) is 8.78 Å². The standard InChI is InChI=1S/C8H15F2NO/c1-5(2)6(3)8(9,10)7(12)11-4/h5-6H,1-4H3,(H,11,12). The number of hydrogen-bond donors (Lipinski definition) is 1. The molecule has 1 amide bonds. The Morgan fingerprint density at radius 1 is 1.33 bits per heavy atom. The van der Waals surface area contributed by atoms with Crippen molar-refractivity contribution in [1.29, 1.82) is 0 Å². The van der Waals surface area contributed by atoms with Crippen LogP contribution in [0.2, 0.25) is 0 Å². The Bertz CT molecular complexity index is 168. The second kappa shape index (κ2) is 3.83. The van der Waals surface area contributed by atoms with Crippen LogP contribution in [0, 0.1) is 11.8 Å². The summed E-state index contributed by atoms with van der Waals surface area (Å²) in [6.45, 7) is 4.71. The zero-order valence-corrected chi connectivity index (χ0v) is 7.82. The summed E-state index contributed by atoms with van der Waals surface area (Å²) >= 11 is 0. The highest BCUT2D eigenvalue weighted by atomic mass is 19.3. The lowest BCUT2D eigenvalue weighted by molar-refractivity contribution is -0.155. The predicted octanol–water partition coefficient (Wildman–Crippen LogP) is 1.66. The highest BCUT2D eigenvalue weighted by molar-refractivity contribution is 5.83. The van der Waals surface area contributed by atoms with Gasteiger partial charge in [0.1, 0.15) is 0 Å². The number of carbonyl (C=O) groups excluding carboxylic acids is 1. The number of hydrogen-bond acceptors (Lipinski definition) is 1. The molecule has 0 heterocycles. The van der Waals surface area contributed by atoms with Gasteiger partial charge in [-0.05, 0) is 5.92 Å². The molecule has 0 aliphatic heterocycles. The van der Waals surface area contributed by atoms with Crippen LogP contribution in [0.15, 0.2) is 0 Å². The van der Waals surface area contributed by atoms with Crippen molar-refractivity contribution in [2.24, 2.45) is 11.8 Å². The van der Waals surface area contributed by atoms with Gasteiger partial charge in [0.05, 0.1) is 0 Å². The van der Waals surface area contributed by atoms with E-state index in [9.17, 15) is 13.6 Å². The highest BCUT2D eigenvalue weighted by Gasteiger charge is 2.45. The van der Waals surface area contributed by atoms with Crippen molar-refractivity contribution in [3.63, 3.8) is 0 Å². The van der Waals surface area contributed by atoms with Gasteiger partial charge in [0.2, 0.25) is 0 Å². The van der Waals surface area contributed by atoms with E-state index in [-0.39, 0.29) is 5.92 Å². The van der Waals surface area contributed by atoms with Crippen LogP contribution in [0.3, 0.4) is 0 Å². The average Bonchev–Trinajstić information content (AvgIpc) is 2.01. The topological polar surface area (TPSA) is 29.1 Å². The van der Waals surface area contributed by atoms with Gasteiger partial charge in [-0.25, -0.2) is 0 Å². The van der Waals surface area contributed by atoms with Crippen LogP contribution < -0.4 is 5.32 Å². The molecule has 0 saturated carbocycles. The first kappa shape index (κ1) is 11.3. The molecule has 0 rings (SSSR count). The molecule has 72 valence electrons. The molecule has 4 heteroatoms. The summed E-state index contributed by atoms with van der Waals surface area (Å²) in [7, 11) is 1.21. The maximum absolute atomic E-state index is 13.0. The molecule has 1 unspecified atom stereocenters. The lowest BCUT2D eigenvalue weighted by Crippen LogP contribution is -2.44. The fourth-order valence-electron chi connectivity index (χ4n) is 0.792. The van der Waals surface area contributed by atoms with Gasteiger partial charge in [0, 0.05) is 13.0 Å².